The summed E-state index contributed by atoms with van der Waals surface area (Å²) in [6.07, 6.45) is 4.77. The highest BCUT2D eigenvalue weighted by molar-refractivity contribution is 6.56. The van der Waals surface area contributed by atoms with Crippen molar-refractivity contribution in [3.63, 3.8) is 0 Å². The standard InChI is InChI=1S/C15H21BClN3O3/c1-10(21)19-8-12(6-11-7-18-9-20-13(11)17)16-22-14(2,3)15(4,5)23-16/h6-7,9H,8H2,1-5H3,(H,19,21). The second kappa shape index (κ2) is 6.59. The van der Waals surface area contributed by atoms with Crippen LogP contribution in [0.15, 0.2) is 18.0 Å². The summed E-state index contributed by atoms with van der Waals surface area (Å²) in [5.74, 6) is -0.136. The van der Waals surface area contributed by atoms with Crippen molar-refractivity contribution in [2.24, 2.45) is 0 Å². The molecule has 1 aliphatic rings. The van der Waals surface area contributed by atoms with Crippen molar-refractivity contribution in [2.75, 3.05) is 6.54 Å². The molecule has 23 heavy (non-hydrogen) atoms. The number of rotatable bonds is 4. The van der Waals surface area contributed by atoms with Crippen molar-refractivity contribution >= 4 is 30.7 Å². The third-order valence-electron chi connectivity index (χ3n) is 4.13. The number of halogens is 1. The molecule has 1 aromatic rings. The van der Waals surface area contributed by atoms with E-state index < -0.39 is 18.3 Å². The van der Waals surface area contributed by atoms with Gasteiger partial charge in [-0.15, -0.1) is 0 Å². The van der Waals surface area contributed by atoms with Gasteiger partial charge in [-0.05, 0) is 33.2 Å². The van der Waals surface area contributed by atoms with Gasteiger partial charge in [0.2, 0.25) is 5.91 Å². The fourth-order valence-electron chi connectivity index (χ4n) is 2.05. The van der Waals surface area contributed by atoms with E-state index in [9.17, 15) is 4.79 Å². The predicted molar refractivity (Wildman–Crippen MR) is 89.8 cm³/mol. The van der Waals surface area contributed by atoms with Crippen LogP contribution in [0.25, 0.3) is 6.08 Å². The summed E-state index contributed by atoms with van der Waals surface area (Å²) >= 11 is 6.09. The number of aromatic nitrogens is 2. The normalized spacial score (nSPS) is 19.7. The maximum Gasteiger partial charge on any atom is 0.492 e. The maximum atomic E-state index is 11.3. The third-order valence-corrected chi connectivity index (χ3v) is 4.44. The molecule has 1 fully saturated rings. The van der Waals surface area contributed by atoms with Crippen LogP contribution in [0.3, 0.4) is 0 Å². The SMILES string of the molecule is CC(=O)NCC(=Cc1cncnc1Cl)B1OC(C)(C)C(C)(C)O1. The van der Waals surface area contributed by atoms with Gasteiger partial charge >= 0.3 is 7.12 Å². The van der Waals surface area contributed by atoms with Crippen LogP contribution < -0.4 is 5.32 Å². The highest BCUT2D eigenvalue weighted by atomic mass is 35.5. The van der Waals surface area contributed by atoms with Crippen molar-refractivity contribution in [1.82, 2.24) is 15.3 Å². The molecule has 0 aromatic carbocycles. The molecule has 1 aromatic heterocycles. The molecule has 1 aliphatic heterocycles. The van der Waals surface area contributed by atoms with Gasteiger partial charge in [0, 0.05) is 25.2 Å². The van der Waals surface area contributed by atoms with Gasteiger partial charge in [0.1, 0.15) is 11.5 Å². The minimum atomic E-state index is -0.580. The second-order valence-corrected chi connectivity index (χ2v) is 6.84. The lowest BCUT2D eigenvalue weighted by atomic mass is 9.77. The van der Waals surface area contributed by atoms with Gasteiger partial charge in [-0.2, -0.15) is 0 Å². The Morgan fingerprint density at radius 1 is 1.35 bits per heavy atom. The number of amides is 1. The first kappa shape index (κ1) is 17.9. The highest BCUT2D eigenvalue weighted by Gasteiger charge is 2.52. The molecule has 0 radical (unpaired) electrons. The fourth-order valence-corrected chi connectivity index (χ4v) is 2.19. The number of carbonyl (C=O) groups excluding carboxylic acids is 1. The average Bonchev–Trinajstić information content (AvgIpc) is 2.65. The molecule has 124 valence electrons. The summed E-state index contributed by atoms with van der Waals surface area (Å²) in [7, 11) is -0.580. The van der Waals surface area contributed by atoms with Crippen LogP contribution in [0.1, 0.15) is 40.2 Å². The summed E-state index contributed by atoms with van der Waals surface area (Å²) < 4.78 is 12.1. The zero-order valence-corrected chi connectivity index (χ0v) is 14.8. The smallest absolute Gasteiger partial charge is 0.400 e. The second-order valence-electron chi connectivity index (χ2n) is 6.49. The van der Waals surface area contributed by atoms with Crippen LogP contribution >= 0.6 is 11.6 Å². The van der Waals surface area contributed by atoms with Crippen LogP contribution in [0.2, 0.25) is 5.15 Å². The van der Waals surface area contributed by atoms with E-state index in [1.807, 2.05) is 27.7 Å². The number of carbonyl (C=O) groups is 1. The van der Waals surface area contributed by atoms with Crippen molar-refractivity contribution in [3.8, 4) is 0 Å². The van der Waals surface area contributed by atoms with Crippen molar-refractivity contribution in [1.29, 1.82) is 0 Å². The molecule has 2 heterocycles. The summed E-state index contributed by atoms with van der Waals surface area (Å²) in [5, 5.41) is 3.10. The Balaban J connectivity index is 2.32. The first-order valence-electron chi connectivity index (χ1n) is 7.38. The van der Waals surface area contributed by atoms with E-state index in [1.54, 1.807) is 12.3 Å². The van der Waals surface area contributed by atoms with Gasteiger partial charge < -0.3 is 14.6 Å². The van der Waals surface area contributed by atoms with Crippen LogP contribution in [0.4, 0.5) is 0 Å². The summed E-state index contributed by atoms with van der Waals surface area (Å²) in [6.45, 7) is 9.64. The van der Waals surface area contributed by atoms with Crippen molar-refractivity contribution in [3.05, 3.63) is 28.7 Å². The van der Waals surface area contributed by atoms with Gasteiger partial charge in [0.15, 0.2) is 0 Å². The molecule has 0 aliphatic carbocycles. The molecule has 0 saturated carbocycles. The van der Waals surface area contributed by atoms with Gasteiger partial charge in [-0.25, -0.2) is 9.97 Å². The Kier molecular flexibility index (Phi) is 5.13. The van der Waals surface area contributed by atoms with E-state index in [0.717, 1.165) is 5.47 Å². The quantitative estimate of drug-likeness (QED) is 0.674. The first-order chi connectivity index (χ1) is 10.6. The van der Waals surface area contributed by atoms with Gasteiger partial charge in [-0.1, -0.05) is 17.7 Å². The largest absolute Gasteiger partial charge is 0.492 e. The van der Waals surface area contributed by atoms with E-state index in [2.05, 4.69) is 15.3 Å². The van der Waals surface area contributed by atoms with Crippen molar-refractivity contribution in [2.45, 2.75) is 45.8 Å². The number of nitrogens with zero attached hydrogens (tertiary/aromatic N) is 2. The van der Waals surface area contributed by atoms with Gasteiger partial charge in [-0.3, -0.25) is 4.79 Å². The Hall–Kier alpha value is -1.44. The van der Waals surface area contributed by atoms with E-state index in [1.165, 1.54) is 13.3 Å². The van der Waals surface area contributed by atoms with Crippen molar-refractivity contribution < 1.29 is 14.1 Å². The Labute approximate surface area is 141 Å². The molecule has 0 unspecified atom stereocenters. The zero-order valence-electron chi connectivity index (χ0n) is 14.0. The molecular formula is C15H21BClN3O3. The molecule has 1 N–H and O–H groups in total. The van der Waals surface area contributed by atoms with Crippen LogP contribution in [0, 0.1) is 0 Å². The topological polar surface area (TPSA) is 73.3 Å². The van der Waals surface area contributed by atoms with Gasteiger partial charge in [0.05, 0.1) is 11.2 Å². The third kappa shape index (κ3) is 4.10. The lowest BCUT2D eigenvalue weighted by molar-refractivity contribution is -0.118. The lowest BCUT2D eigenvalue weighted by Gasteiger charge is -2.32. The number of hydrogen-bond acceptors (Lipinski definition) is 5. The van der Waals surface area contributed by atoms with Crippen LogP contribution in [-0.4, -0.2) is 40.7 Å². The van der Waals surface area contributed by atoms with Crippen LogP contribution in [0.5, 0.6) is 0 Å². The van der Waals surface area contributed by atoms with E-state index in [4.69, 9.17) is 20.9 Å². The molecule has 8 heteroatoms. The fraction of sp³-hybridized carbons (Fsp3) is 0.533. The monoisotopic (exact) mass is 337 g/mol. The Morgan fingerprint density at radius 2 is 1.96 bits per heavy atom. The minimum absolute atomic E-state index is 0.136. The molecule has 0 bridgehead atoms. The Bertz CT molecular complexity index is 618. The molecule has 1 amide bonds. The molecule has 6 nitrogen and oxygen atoms in total. The minimum Gasteiger partial charge on any atom is -0.400 e. The lowest BCUT2D eigenvalue weighted by Crippen LogP contribution is -2.41. The number of hydrogen-bond donors (Lipinski definition) is 1. The van der Waals surface area contributed by atoms with Gasteiger partial charge in [0.25, 0.3) is 0 Å². The summed E-state index contributed by atoms with van der Waals surface area (Å²) in [6, 6.07) is 0. The molecule has 2 rings (SSSR count). The summed E-state index contributed by atoms with van der Waals surface area (Å²) in [4.78, 5) is 19.2. The van der Waals surface area contributed by atoms with E-state index >= 15 is 0 Å². The predicted octanol–water partition coefficient (Wildman–Crippen LogP) is 2.28. The average molecular weight is 338 g/mol. The first-order valence-corrected chi connectivity index (χ1v) is 7.76. The molecule has 0 spiro atoms. The Morgan fingerprint density at radius 3 is 2.48 bits per heavy atom. The number of nitrogens with one attached hydrogen (secondary N) is 1. The summed E-state index contributed by atoms with van der Waals surface area (Å²) in [5.41, 5.74) is 0.452. The molecule has 0 atom stereocenters. The zero-order chi connectivity index (χ0) is 17.3. The van der Waals surface area contributed by atoms with E-state index in [-0.39, 0.29) is 12.5 Å². The molecular weight excluding hydrogens is 316 g/mol. The maximum absolute atomic E-state index is 11.3. The molecule has 1 saturated heterocycles. The van der Waals surface area contributed by atoms with Crippen LogP contribution in [-0.2, 0) is 14.1 Å². The highest BCUT2D eigenvalue weighted by Crippen LogP contribution is 2.38. The van der Waals surface area contributed by atoms with E-state index in [0.29, 0.717) is 10.7 Å².